The molecule has 6 aromatic carbocycles. The summed E-state index contributed by atoms with van der Waals surface area (Å²) in [7, 11) is 1.60. The monoisotopic (exact) mass is 690 g/mol. The Morgan fingerprint density at radius 3 is 1.33 bits per heavy atom. The molecule has 0 bridgehead atoms. The Balaban J connectivity index is 1.06. The zero-order valence-corrected chi connectivity index (χ0v) is 30.3. The highest BCUT2D eigenvalue weighted by molar-refractivity contribution is 6.09. The number of rotatable bonds is 13. The first-order valence-corrected chi connectivity index (χ1v) is 17.2. The van der Waals surface area contributed by atoms with Crippen molar-refractivity contribution in [1.29, 1.82) is 0 Å². The highest BCUT2D eigenvalue weighted by Crippen LogP contribution is 2.39. The van der Waals surface area contributed by atoms with Gasteiger partial charge in [0.05, 0.1) is 7.11 Å². The molecule has 6 heteroatoms. The van der Waals surface area contributed by atoms with Crippen LogP contribution >= 0.6 is 0 Å². The summed E-state index contributed by atoms with van der Waals surface area (Å²) in [4.78, 5) is 26.2. The van der Waals surface area contributed by atoms with Gasteiger partial charge in [-0.15, -0.1) is 0 Å². The van der Waals surface area contributed by atoms with Crippen LogP contribution in [0.15, 0.2) is 146 Å². The van der Waals surface area contributed by atoms with E-state index >= 15 is 0 Å². The average Bonchev–Trinajstić information content (AvgIpc) is 3.16. The lowest BCUT2D eigenvalue weighted by Crippen LogP contribution is -2.47. The van der Waals surface area contributed by atoms with E-state index in [0.29, 0.717) is 56.8 Å². The Hall–Kier alpha value is -6.14. The number of para-hydroxylation sites is 2. The van der Waals surface area contributed by atoms with E-state index in [2.05, 4.69) is 27.7 Å². The molecule has 0 saturated heterocycles. The second kappa shape index (κ2) is 15.0. The highest BCUT2D eigenvalue weighted by Gasteiger charge is 2.40. The van der Waals surface area contributed by atoms with Crippen molar-refractivity contribution in [2.75, 3.05) is 7.11 Å². The highest BCUT2D eigenvalue weighted by atomic mass is 16.5. The van der Waals surface area contributed by atoms with E-state index in [-0.39, 0.29) is 11.6 Å². The third-order valence-electron chi connectivity index (χ3n) is 9.65. The van der Waals surface area contributed by atoms with Crippen molar-refractivity contribution in [3.63, 3.8) is 0 Å². The van der Waals surface area contributed by atoms with Crippen molar-refractivity contribution < 1.29 is 28.5 Å². The number of hydrogen-bond acceptors (Lipinski definition) is 6. The van der Waals surface area contributed by atoms with Crippen LogP contribution in [-0.4, -0.2) is 24.3 Å². The van der Waals surface area contributed by atoms with Crippen molar-refractivity contribution >= 4 is 11.6 Å². The van der Waals surface area contributed by atoms with Crippen molar-refractivity contribution in [2.45, 2.75) is 45.6 Å². The lowest BCUT2D eigenvalue weighted by atomic mass is 9.71. The summed E-state index contributed by atoms with van der Waals surface area (Å²) in [6, 6.07) is 44.4. The summed E-state index contributed by atoms with van der Waals surface area (Å²) < 4.78 is 23.9. The van der Waals surface area contributed by atoms with Crippen LogP contribution in [0.2, 0.25) is 0 Å². The summed E-state index contributed by atoms with van der Waals surface area (Å²) in [5.41, 5.74) is 3.55. The Kier molecular flexibility index (Phi) is 10.3. The molecule has 0 fully saturated rings. The van der Waals surface area contributed by atoms with Crippen LogP contribution in [0.25, 0.3) is 0 Å². The molecule has 262 valence electrons. The predicted octanol–water partition coefficient (Wildman–Crippen LogP) is 11.2. The van der Waals surface area contributed by atoms with Crippen molar-refractivity contribution in [1.82, 2.24) is 0 Å². The first kappa shape index (κ1) is 35.7. The number of ether oxygens (including phenoxy) is 4. The largest absolute Gasteiger partial charge is 0.493 e. The summed E-state index contributed by atoms with van der Waals surface area (Å²) in [5, 5.41) is 0. The lowest BCUT2D eigenvalue weighted by molar-refractivity contribution is 0.0357. The van der Waals surface area contributed by atoms with Gasteiger partial charge in [0, 0.05) is 27.7 Å². The maximum atomic E-state index is 13.4. The van der Waals surface area contributed by atoms with Gasteiger partial charge in [-0.2, -0.15) is 0 Å². The molecular weight excluding hydrogens is 648 g/mol. The fraction of sp³-hybridized carbons (Fsp3) is 0.174. The number of aryl methyl sites for hydroxylation is 1. The first-order chi connectivity index (χ1) is 24.9. The van der Waals surface area contributed by atoms with Crippen molar-refractivity contribution in [2.24, 2.45) is 0 Å². The summed E-state index contributed by atoms with van der Waals surface area (Å²) in [6.07, 6.45) is 0. The van der Waals surface area contributed by atoms with Gasteiger partial charge < -0.3 is 18.9 Å². The molecule has 52 heavy (non-hydrogen) atoms. The summed E-state index contributed by atoms with van der Waals surface area (Å²) in [6.45, 7) is 10.4. The topological polar surface area (TPSA) is 71.1 Å². The fourth-order valence-corrected chi connectivity index (χ4v) is 5.74. The second-order valence-corrected chi connectivity index (χ2v) is 13.7. The van der Waals surface area contributed by atoms with Crippen LogP contribution in [0.1, 0.15) is 70.7 Å². The summed E-state index contributed by atoms with van der Waals surface area (Å²) >= 11 is 0. The SMILES string of the molecule is COc1ccccc1Oc1ccc(C(=O)c2ccc(C(C)(C)C(C)(C)Oc3ccc(Oc4ccc(C(=O)c5ccc(C)cc5)cc4)cc3)cc2)cc1. The Bertz CT molecular complexity index is 2140. The minimum atomic E-state index is -0.613. The molecule has 0 amide bonds. The second-order valence-electron chi connectivity index (χ2n) is 13.7. The van der Waals surface area contributed by atoms with E-state index in [1.54, 1.807) is 55.6 Å². The van der Waals surface area contributed by atoms with Gasteiger partial charge in [0.25, 0.3) is 0 Å². The van der Waals surface area contributed by atoms with Crippen LogP contribution in [0.5, 0.6) is 34.5 Å². The van der Waals surface area contributed by atoms with Crippen LogP contribution in [0.4, 0.5) is 0 Å². The first-order valence-electron chi connectivity index (χ1n) is 17.2. The third-order valence-corrected chi connectivity index (χ3v) is 9.65. The third kappa shape index (κ3) is 7.92. The van der Waals surface area contributed by atoms with Crippen LogP contribution in [-0.2, 0) is 5.41 Å². The van der Waals surface area contributed by atoms with E-state index < -0.39 is 11.0 Å². The normalized spacial score (nSPS) is 11.4. The van der Waals surface area contributed by atoms with Gasteiger partial charge in [-0.3, -0.25) is 9.59 Å². The number of methoxy groups -OCH3 is 1. The molecular formula is C46H42O6. The molecule has 0 aromatic heterocycles. The molecule has 0 N–H and O–H groups in total. The van der Waals surface area contributed by atoms with Crippen molar-refractivity contribution in [3.8, 4) is 34.5 Å². The van der Waals surface area contributed by atoms with E-state index in [9.17, 15) is 9.59 Å². The van der Waals surface area contributed by atoms with Gasteiger partial charge in [-0.05, 0) is 111 Å². The maximum Gasteiger partial charge on any atom is 0.193 e. The van der Waals surface area contributed by atoms with Gasteiger partial charge in [-0.25, -0.2) is 0 Å². The molecule has 0 radical (unpaired) electrons. The molecule has 0 saturated carbocycles. The quantitative estimate of drug-likeness (QED) is 0.112. The number of ketones is 2. The number of carbonyl (C=O) groups is 2. The van der Waals surface area contributed by atoms with Gasteiger partial charge in [0.2, 0.25) is 0 Å². The molecule has 0 heterocycles. The van der Waals surface area contributed by atoms with Gasteiger partial charge >= 0.3 is 0 Å². The average molecular weight is 691 g/mol. The zero-order chi connectivity index (χ0) is 36.9. The van der Waals surface area contributed by atoms with E-state index in [4.69, 9.17) is 18.9 Å². The lowest BCUT2D eigenvalue weighted by Gasteiger charge is -2.42. The standard InChI is InChI=1S/C46H42O6/c1-31-11-13-32(14-12-31)43(47)34-17-23-37(24-18-34)50-38-27-29-40(30-28-38)52-46(4,5)45(2,3)36-21-15-33(16-22-36)44(48)35-19-25-39(26-20-35)51-42-10-8-7-9-41(42)49-6/h7-30H,1-6H3. The molecule has 0 unspecified atom stereocenters. The number of carbonyl (C=O) groups excluding carboxylic acids is 2. The van der Waals surface area contributed by atoms with Gasteiger partial charge in [-0.1, -0.05) is 80.1 Å². The minimum Gasteiger partial charge on any atom is -0.493 e. The van der Waals surface area contributed by atoms with Crippen LogP contribution < -0.4 is 18.9 Å². The molecule has 0 spiro atoms. The fourth-order valence-electron chi connectivity index (χ4n) is 5.74. The molecule has 0 atom stereocenters. The predicted molar refractivity (Wildman–Crippen MR) is 205 cm³/mol. The maximum absolute atomic E-state index is 13.4. The Morgan fingerprint density at radius 2 is 0.846 bits per heavy atom. The smallest absolute Gasteiger partial charge is 0.193 e. The Morgan fingerprint density at radius 1 is 0.462 bits per heavy atom. The molecule has 6 rings (SSSR count). The van der Waals surface area contributed by atoms with Gasteiger partial charge in [0.15, 0.2) is 23.1 Å². The summed E-state index contributed by atoms with van der Waals surface area (Å²) in [5.74, 6) is 3.74. The van der Waals surface area contributed by atoms with E-state index in [0.717, 1.165) is 11.1 Å². The molecule has 6 aromatic rings. The number of hydrogen-bond donors (Lipinski definition) is 0. The Labute approximate surface area is 305 Å². The van der Waals surface area contributed by atoms with Crippen molar-refractivity contribution in [3.05, 3.63) is 179 Å². The molecule has 0 aliphatic heterocycles. The van der Waals surface area contributed by atoms with Gasteiger partial charge in [0.1, 0.15) is 28.6 Å². The molecule has 0 aliphatic carbocycles. The van der Waals surface area contributed by atoms with E-state index in [1.807, 2.05) is 104 Å². The number of benzene rings is 6. The molecule has 0 aliphatic rings. The van der Waals surface area contributed by atoms with Crippen LogP contribution in [0, 0.1) is 6.92 Å². The molecule has 6 nitrogen and oxygen atoms in total. The van der Waals surface area contributed by atoms with Crippen LogP contribution in [0.3, 0.4) is 0 Å². The van der Waals surface area contributed by atoms with E-state index in [1.165, 1.54) is 0 Å². The minimum absolute atomic E-state index is 0.0263. The zero-order valence-electron chi connectivity index (χ0n) is 30.3.